The first-order valence-electron chi connectivity index (χ1n) is 11.7. The molecular formula is C26H26F3N5O. The fourth-order valence-corrected chi connectivity index (χ4v) is 5.22. The molecule has 1 saturated carbocycles. The smallest absolute Gasteiger partial charge is 0.365 e. The van der Waals surface area contributed by atoms with Crippen molar-refractivity contribution in [2.45, 2.75) is 51.4 Å². The Morgan fingerprint density at radius 2 is 1.89 bits per heavy atom. The minimum Gasteiger partial charge on any atom is -0.365 e. The van der Waals surface area contributed by atoms with Gasteiger partial charge in [0.1, 0.15) is 11.5 Å². The molecule has 0 aromatic carbocycles. The Bertz CT molecular complexity index is 1240. The summed E-state index contributed by atoms with van der Waals surface area (Å²) in [5.41, 5.74) is 2.72. The number of carbonyl (C=O) groups excluding carboxylic acids is 1. The summed E-state index contributed by atoms with van der Waals surface area (Å²) in [4.78, 5) is 28.9. The predicted molar refractivity (Wildman–Crippen MR) is 126 cm³/mol. The van der Waals surface area contributed by atoms with E-state index in [2.05, 4.69) is 20.3 Å². The third-order valence-electron chi connectivity index (χ3n) is 6.96. The van der Waals surface area contributed by atoms with Gasteiger partial charge in [-0.3, -0.25) is 14.8 Å². The Kier molecular flexibility index (Phi) is 5.94. The van der Waals surface area contributed by atoms with Crippen LogP contribution in [0.2, 0.25) is 0 Å². The van der Waals surface area contributed by atoms with Crippen LogP contribution in [0.1, 0.15) is 46.4 Å². The number of halogens is 3. The zero-order valence-electron chi connectivity index (χ0n) is 19.5. The van der Waals surface area contributed by atoms with Crippen molar-refractivity contribution >= 4 is 11.7 Å². The highest BCUT2D eigenvalue weighted by Gasteiger charge is 2.44. The molecule has 182 valence electrons. The van der Waals surface area contributed by atoms with Gasteiger partial charge in [-0.05, 0) is 74.9 Å². The van der Waals surface area contributed by atoms with Gasteiger partial charge >= 0.3 is 6.18 Å². The maximum absolute atomic E-state index is 13.8. The van der Waals surface area contributed by atoms with Crippen molar-refractivity contribution in [3.63, 3.8) is 0 Å². The Hall–Kier alpha value is -3.49. The Balaban J connectivity index is 1.41. The van der Waals surface area contributed by atoms with E-state index in [1.54, 1.807) is 6.20 Å². The van der Waals surface area contributed by atoms with Crippen LogP contribution in [0.25, 0.3) is 11.4 Å². The van der Waals surface area contributed by atoms with Crippen molar-refractivity contribution in [2.75, 3.05) is 11.9 Å². The molecule has 3 aliphatic rings. The van der Waals surface area contributed by atoms with Gasteiger partial charge in [-0.2, -0.15) is 13.2 Å². The summed E-state index contributed by atoms with van der Waals surface area (Å²) in [5.74, 6) is 0.596. The normalized spacial score (nSPS) is 21.7. The summed E-state index contributed by atoms with van der Waals surface area (Å²) >= 11 is 0. The number of aryl methyl sites for hydroxylation is 2. The van der Waals surface area contributed by atoms with Crippen molar-refractivity contribution in [1.29, 1.82) is 0 Å². The van der Waals surface area contributed by atoms with Crippen molar-refractivity contribution in [3.8, 4) is 11.4 Å². The largest absolute Gasteiger partial charge is 0.417 e. The van der Waals surface area contributed by atoms with Gasteiger partial charge in [0.15, 0.2) is 0 Å². The first kappa shape index (κ1) is 23.3. The quantitative estimate of drug-likeness (QED) is 0.549. The Morgan fingerprint density at radius 3 is 2.57 bits per heavy atom. The van der Waals surface area contributed by atoms with Gasteiger partial charge in [0.2, 0.25) is 0 Å². The second kappa shape index (κ2) is 8.94. The number of carbonyl (C=O) groups is 1. The number of anilines is 1. The van der Waals surface area contributed by atoms with E-state index >= 15 is 0 Å². The van der Waals surface area contributed by atoms with Crippen LogP contribution in [0, 0.1) is 19.8 Å². The van der Waals surface area contributed by atoms with Crippen LogP contribution < -0.4 is 5.32 Å². The van der Waals surface area contributed by atoms with Gasteiger partial charge in [0, 0.05) is 30.7 Å². The number of nitrogens with one attached hydrogen (secondary N) is 1. The molecule has 3 aromatic heterocycles. The van der Waals surface area contributed by atoms with Gasteiger partial charge in [-0.25, -0.2) is 4.98 Å². The Labute approximate surface area is 201 Å². The van der Waals surface area contributed by atoms with Gasteiger partial charge in [-0.1, -0.05) is 6.07 Å². The second-order valence-electron chi connectivity index (χ2n) is 9.40. The van der Waals surface area contributed by atoms with Crippen LogP contribution in [0.15, 0.2) is 48.8 Å². The molecule has 9 heteroatoms. The molecule has 0 spiro atoms. The number of piperidine rings is 2. The summed E-state index contributed by atoms with van der Waals surface area (Å²) in [6.45, 7) is 4.48. The second-order valence-corrected chi connectivity index (χ2v) is 9.40. The average molecular weight is 482 g/mol. The summed E-state index contributed by atoms with van der Waals surface area (Å²) in [7, 11) is 0. The zero-order chi connectivity index (χ0) is 24.7. The van der Waals surface area contributed by atoms with Crippen molar-refractivity contribution in [1.82, 2.24) is 19.9 Å². The maximum atomic E-state index is 13.8. The van der Waals surface area contributed by atoms with Gasteiger partial charge in [0.05, 0.1) is 22.9 Å². The molecule has 3 atom stereocenters. The molecule has 2 saturated heterocycles. The van der Waals surface area contributed by atoms with Gasteiger partial charge < -0.3 is 10.2 Å². The molecule has 1 aliphatic carbocycles. The summed E-state index contributed by atoms with van der Waals surface area (Å²) in [5, 5.41) is 3.29. The van der Waals surface area contributed by atoms with Crippen molar-refractivity contribution in [2.24, 2.45) is 5.92 Å². The highest BCUT2D eigenvalue weighted by atomic mass is 19.4. The molecular weight excluding hydrogens is 455 g/mol. The number of pyridine rings is 3. The van der Waals surface area contributed by atoms with Crippen LogP contribution in [0.4, 0.5) is 19.0 Å². The van der Waals surface area contributed by atoms with Gasteiger partial charge in [-0.15, -0.1) is 0 Å². The number of aromatic nitrogens is 3. The molecule has 3 fully saturated rings. The van der Waals surface area contributed by atoms with Gasteiger partial charge in [0.25, 0.3) is 5.91 Å². The number of amides is 1. The molecule has 6 nitrogen and oxygen atoms in total. The number of fused-ring (bicyclic) bond motifs is 3. The summed E-state index contributed by atoms with van der Waals surface area (Å²) in [6.07, 6.45) is 0.795. The van der Waals surface area contributed by atoms with Crippen LogP contribution in [0.3, 0.4) is 0 Å². The van der Waals surface area contributed by atoms with E-state index in [-0.39, 0.29) is 18.0 Å². The minimum atomic E-state index is -4.43. The third kappa shape index (κ3) is 4.59. The first-order valence-corrected chi connectivity index (χ1v) is 11.7. The fourth-order valence-electron chi connectivity index (χ4n) is 5.22. The van der Waals surface area contributed by atoms with Crippen molar-refractivity contribution < 1.29 is 18.0 Å². The molecule has 3 aromatic rings. The van der Waals surface area contributed by atoms with E-state index < -0.39 is 11.7 Å². The minimum absolute atomic E-state index is 0.0874. The molecule has 1 N–H and O–H groups in total. The van der Waals surface area contributed by atoms with E-state index in [4.69, 9.17) is 0 Å². The number of rotatable bonds is 4. The number of hydrogen-bond donors (Lipinski definition) is 1. The Morgan fingerprint density at radius 1 is 1.06 bits per heavy atom. The zero-order valence-corrected chi connectivity index (χ0v) is 19.5. The van der Waals surface area contributed by atoms with Crippen LogP contribution in [0.5, 0.6) is 0 Å². The van der Waals surface area contributed by atoms with E-state index in [9.17, 15) is 18.0 Å². The average Bonchev–Trinajstić information content (AvgIpc) is 2.84. The highest BCUT2D eigenvalue weighted by Crippen LogP contribution is 2.38. The molecule has 2 bridgehead atoms. The van der Waals surface area contributed by atoms with E-state index in [0.717, 1.165) is 42.8 Å². The lowest BCUT2D eigenvalue weighted by Crippen LogP contribution is -2.59. The van der Waals surface area contributed by atoms with E-state index in [0.29, 0.717) is 35.2 Å². The van der Waals surface area contributed by atoms with Crippen LogP contribution in [-0.4, -0.2) is 44.4 Å². The number of nitrogens with zero attached hydrogens (tertiary/aromatic N) is 4. The standard InChI is InChI=1S/C26H26F3N5O/c1-15-4-3-11-30-23(15)24-19(8-5-16(2)32-24)25(35)34-14-17-6-9-21(34)20(12-17)33-22-10-7-18(13-31-22)26(27,28)29/h3-5,7-8,10-11,13,17,20-21H,6,9,12,14H2,1-2H3,(H,31,33)/t17-,20-,21+/m1/s1. The van der Waals surface area contributed by atoms with E-state index in [1.165, 1.54) is 6.07 Å². The third-order valence-corrected chi connectivity index (χ3v) is 6.96. The highest BCUT2D eigenvalue weighted by molar-refractivity contribution is 6.00. The topological polar surface area (TPSA) is 71.0 Å². The number of alkyl halides is 3. The van der Waals surface area contributed by atoms with E-state index in [1.807, 2.05) is 43.0 Å². The van der Waals surface area contributed by atoms with Crippen molar-refractivity contribution in [3.05, 3.63) is 71.2 Å². The molecule has 5 heterocycles. The van der Waals surface area contributed by atoms with Crippen LogP contribution in [-0.2, 0) is 6.18 Å². The SMILES string of the molecule is Cc1ccc(C(=O)N2C[C@@H]3CC[C@H]2[C@H](Nc2ccc(C(F)(F)F)cn2)C3)c(-c2ncccc2C)n1. The molecule has 6 rings (SSSR count). The molecule has 0 radical (unpaired) electrons. The molecule has 2 aliphatic heterocycles. The molecule has 35 heavy (non-hydrogen) atoms. The predicted octanol–water partition coefficient (Wildman–Crippen LogP) is 5.28. The molecule has 0 unspecified atom stereocenters. The lowest BCUT2D eigenvalue weighted by molar-refractivity contribution is -0.137. The first-order chi connectivity index (χ1) is 16.7. The number of hydrogen-bond acceptors (Lipinski definition) is 5. The summed E-state index contributed by atoms with van der Waals surface area (Å²) in [6, 6.07) is 9.65. The maximum Gasteiger partial charge on any atom is 0.417 e. The monoisotopic (exact) mass is 481 g/mol. The lowest BCUT2D eigenvalue weighted by atomic mass is 9.76. The van der Waals surface area contributed by atoms with Crippen LogP contribution >= 0.6 is 0 Å². The fraction of sp³-hybridized carbons (Fsp3) is 0.385. The lowest BCUT2D eigenvalue weighted by Gasteiger charge is -2.50. The summed E-state index contributed by atoms with van der Waals surface area (Å²) < 4.78 is 38.7. The molecule has 1 amide bonds.